The summed E-state index contributed by atoms with van der Waals surface area (Å²) in [4.78, 5) is 24.5. The molecule has 1 aromatic carbocycles. The van der Waals surface area contributed by atoms with Crippen molar-refractivity contribution in [2.45, 2.75) is 33.2 Å². The van der Waals surface area contributed by atoms with Crippen LogP contribution < -0.4 is 10.9 Å². The van der Waals surface area contributed by atoms with Crippen molar-refractivity contribution in [3.8, 4) is 0 Å². The molecule has 0 bridgehead atoms. The molecule has 1 heterocycles. The van der Waals surface area contributed by atoms with Gasteiger partial charge in [-0.3, -0.25) is 9.59 Å². The predicted molar refractivity (Wildman–Crippen MR) is 87.4 cm³/mol. The van der Waals surface area contributed by atoms with Gasteiger partial charge in [-0.15, -0.1) is 0 Å². The van der Waals surface area contributed by atoms with Gasteiger partial charge in [0, 0.05) is 16.8 Å². The van der Waals surface area contributed by atoms with Crippen molar-refractivity contribution in [3.05, 3.63) is 57.0 Å². The van der Waals surface area contributed by atoms with E-state index in [1.165, 1.54) is 10.7 Å². The number of benzene rings is 1. The number of carbonyl (C=O) groups is 1. The highest BCUT2D eigenvalue weighted by atomic mass is 35.5. The van der Waals surface area contributed by atoms with Gasteiger partial charge in [-0.1, -0.05) is 24.6 Å². The maximum absolute atomic E-state index is 12.5. The van der Waals surface area contributed by atoms with Gasteiger partial charge in [-0.2, -0.15) is 5.10 Å². The number of hydrogen-bond donors (Lipinski definition) is 1. The van der Waals surface area contributed by atoms with Crippen molar-refractivity contribution in [3.63, 3.8) is 0 Å². The lowest BCUT2D eigenvalue weighted by Gasteiger charge is -2.18. The summed E-state index contributed by atoms with van der Waals surface area (Å²) in [5.41, 5.74) is 1.81. The molecule has 0 spiro atoms. The fraction of sp³-hybridized carbons (Fsp3) is 0.312. The van der Waals surface area contributed by atoms with Crippen LogP contribution in [0.25, 0.3) is 0 Å². The molecule has 0 aliphatic rings. The monoisotopic (exact) mass is 319 g/mol. The minimum atomic E-state index is -0.661. The Hall–Kier alpha value is -2.14. The van der Waals surface area contributed by atoms with E-state index in [4.69, 9.17) is 11.6 Å². The van der Waals surface area contributed by atoms with Gasteiger partial charge in [-0.05, 0) is 44.0 Å². The summed E-state index contributed by atoms with van der Waals surface area (Å²) >= 11 is 6.05. The number of rotatable bonds is 4. The quantitative estimate of drug-likeness (QED) is 0.941. The highest BCUT2D eigenvalue weighted by molar-refractivity contribution is 6.31. The van der Waals surface area contributed by atoms with Crippen LogP contribution in [0.5, 0.6) is 0 Å². The van der Waals surface area contributed by atoms with Crippen LogP contribution in [0, 0.1) is 13.8 Å². The van der Waals surface area contributed by atoms with Crippen LogP contribution in [-0.2, 0) is 4.79 Å². The van der Waals surface area contributed by atoms with E-state index in [0.717, 1.165) is 5.56 Å². The van der Waals surface area contributed by atoms with Crippen molar-refractivity contribution in [2.24, 2.45) is 0 Å². The van der Waals surface area contributed by atoms with E-state index in [1.807, 2.05) is 13.8 Å². The molecule has 0 unspecified atom stereocenters. The number of nitrogens with one attached hydrogen (secondary N) is 1. The molecular weight excluding hydrogens is 302 g/mol. The molecule has 0 saturated heterocycles. The number of carbonyl (C=O) groups excluding carboxylic acids is 1. The van der Waals surface area contributed by atoms with Crippen molar-refractivity contribution in [2.75, 3.05) is 5.32 Å². The van der Waals surface area contributed by atoms with Gasteiger partial charge < -0.3 is 5.32 Å². The van der Waals surface area contributed by atoms with Crippen molar-refractivity contribution >= 4 is 23.2 Å². The summed E-state index contributed by atoms with van der Waals surface area (Å²) in [7, 11) is 0. The predicted octanol–water partition coefficient (Wildman–Crippen LogP) is 3.10. The zero-order chi connectivity index (χ0) is 16.3. The minimum absolute atomic E-state index is 0.284. The summed E-state index contributed by atoms with van der Waals surface area (Å²) in [6.45, 7) is 5.45. The number of amides is 1. The van der Waals surface area contributed by atoms with Crippen LogP contribution >= 0.6 is 11.6 Å². The molecule has 0 aliphatic carbocycles. The third kappa shape index (κ3) is 3.36. The van der Waals surface area contributed by atoms with Gasteiger partial charge >= 0.3 is 0 Å². The van der Waals surface area contributed by atoms with E-state index < -0.39 is 6.04 Å². The van der Waals surface area contributed by atoms with Gasteiger partial charge in [-0.25, -0.2) is 4.68 Å². The van der Waals surface area contributed by atoms with Crippen LogP contribution in [0.1, 0.15) is 30.6 Å². The van der Waals surface area contributed by atoms with Crippen molar-refractivity contribution in [1.82, 2.24) is 9.78 Å². The smallest absolute Gasteiger partial charge is 0.267 e. The lowest BCUT2D eigenvalue weighted by atomic mass is 10.1. The minimum Gasteiger partial charge on any atom is -0.324 e. The number of aromatic nitrogens is 2. The third-order valence-electron chi connectivity index (χ3n) is 3.47. The topological polar surface area (TPSA) is 64.0 Å². The highest BCUT2D eigenvalue weighted by Crippen LogP contribution is 2.24. The second-order valence-electron chi connectivity index (χ2n) is 5.08. The first kappa shape index (κ1) is 16.2. The van der Waals surface area contributed by atoms with Gasteiger partial charge in [0.25, 0.3) is 5.56 Å². The maximum Gasteiger partial charge on any atom is 0.267 e. The Labute approximate surface area is 133 Å². The van der Waals surface area contributed by atoms with Crippen LogP contribution in [0.4, 0.5) is 5.69 Å². The molecule has 6 heteroatoms. The Morgan fingerprint density at radius 1 is 1.32 bits per heavy atom. The molecule has 2 aromatic rings. The second kappa shape index (κ2) is 6.75. The van der Waals surface area contributed by atoms with E-state index >= 15 is 0 Å². The SMILES string of the molecule is CC[C@H](C(=O)Nc1cccc(Cl)c1C)n1nc(C)ccc1=O. The number of nitrogens with zero attached hydrogens (tertiary/aromatic N) is 2. The Balaban J connectivity index is 2.32. The zero-order valence-corrected chi connectivity index (χ0v) is 13.5. The average molecular weight is 320 g/mol. The van der Waals surface area contributed by atoms with E-state index in [9.17, 15) is 9.59 Å². The summed E-state index contributed by atoms with van der Waals surface area (Å²) in [6.07, 6.45) is 0.460. The summed E-state index contributed by atoms with van der Waals surface area (Å²) in [6, 6.07) is 7.69. The average Bonchev–Trinajstić information content (AvgIpc) is 2.48. The Morgan fingerprint density at radius 3 is 2.73 bits per heavy atom. The van der Waals surface area contributed by atoms with Crippen LogP contribution in [0.15, 0.2) is 35.1 Å². The highest BCUT2D eigenvalue weighted by Gasteiger charge is 2.21. The molecule has 22 heavy (non-hydrogen) atoms. The normalized spacial score (nSPS) is 12.0. The second-order valence-corrected chi connectivity index (χ2v) is 5.49. The van der Waals surface area contributed by atoms with E-state index in [1.54, 1.807) is 31.2 Å². The van der Waals surface area contributed by atoms with Gasteiger partial charge in [0.05, 0.1) is 5.69 Å². The molecule has 1 atom stereocenters. The molecule has 5 nitrogen and oxygen atoms in total. The lowest BCUT2D eigenvalue weighted by molar-refractivity contribution is -0.119. The summed E-state index contributed by atoms with van der Waals surface area (Å²) in [5, 5.41) is 7.57. The number of hydrogen-bond acceptors (Lipinski definition) is 3. The van der Waals surface area contributed by atoms with Crippen molar-refractivity contribution < 1.29 is 4.79 Å². The van der Waals surface area contributed by atoms with Gasteiger partial charge in [0.15, 0.2) is 0 Å². The fourth-order valence-electron chi connectivity index (χ4n) is 2.17. The molecule has 0 fully saturated rings. The molecule has 1 aromatic heterocycles. The molecule has 0 radical (unpaired) electrons. The first-order valence-corrected chi connectivity index (χ1v) is 7.44. The Kier molecular flexibility index (Phi) is 4.98. The van der Waals surface area contributed by atoms with Crippen LogP contribution in [-0.4, -0.2) is 15.7 Å². The van der Waals surface area contributed by atoms with E-state index in [0.29, 0.717) is 22.8 Å². The van der Waals surface area contributed by atoms with Crippen molar-refractivity contribution in [1.29, 1.82) is 0 Å². The first-order chi connectivity index (χ1) is 10.4. The standard InChI is InChI=1S/C16H18ClN3O2/c1-4-14(20-15(21)9-8-10(2)19-20)16(22)18-13-7-5-6-12(17)11(13)3/h5-9,14H,4H2,1-3H3,(H,18,22)/t14-/m1/s1. The first-order valence-electron chi connectivity index (χ1n) is 7.06. The number of aryl methyl sites for hydroxylation is 1. The summed E-state index contributed by atoms with van der Waals surface area (Å²) in [5.74, 6) is -0.284. The molecule has 116 valence electrons. The zero-order valence-electron chi connectivity index (χ0n) is 12.8. The Morgan fingerprint density at radius 2 is 2.05 bits per heavy atom. The van der Waals surface area contributed by atoms with E-state index in [2.05, 4.69) is 10.4 Å². The number of halogens is 1. The maximum atomic E-state index is 12.5. The summed E-state index contributed by atoms with van der Waals surface area (Å²) < 4.78 is 1.23. The molecule has 0 aliphatic heterocycles. The van der Waals surface area contributed by atoms with E-state index in [-0.39, 0.29) is 11.5 Å². The largest absolute Gasteiger partial charge is 0.324 e. The van der Waals surface area contributed by atoms with Gasteiger partial charge in [0.1, 0.15) is 6.04 Å². The molecular formula is C16H18ClN3O2. The van der Waals surface area contributed by atoms with Crippen LogP contribution in [0.3, 0.4) is 0 Å². The van der Waals surface area contributed by atoms with Gasteiger partial charge in [0.2, 0.25) is 5.91 Å². The molecule has 1 amide bonds. The molecule has 2 rings (SSSR count). The molecule has 1 N–H and O–H groups in total. The van der Waals surface area contributed by atoms with Crippen LogP contribution in [0.2, 0.25) is 5.02 Å². The third-order valence-corrected chi connectivity index (χ3v) is 3.88. The Bertz CT molecular complexity index is 755. The lowest BCUT2D eigenvalue weighted by Crippen LogP contribution is -2.34. The molecule has 0 saturated carbocycles. The number of anilines is 1. The fourth-order valence-corrected chi connectivity index (χ4v) is 2.35.